The molecule has 0 aliphatic heterocycles. The van der Waals surface area contributed by atoms with E-state index in [0.717, 1.165) is 19.3 Å². The minimum absolute atomic E-state index is 0.0834. The summed E-state index contributed by atoms with van der Waals surface area (Å²) in [7, 11) is 0. The first-order valence-electron chi connectivity index (χ1n) is 6.41. The Kier molecular flexibility index (Phi) is 3.55. The van der Waals surface area contributed by atoms with E-state index in [4.69, 9.17) is 5.11 Å². The third kappa shape index (κ3) is 2.92. The number of aromatic carboxylic acids is 1. The third-order valence-electron chi connectivity index (χ3n) is 3.76. The zero-order valence-corrected chi connectivity index (χ0v) is 11.1. The van der Waals surface area contributed by atoms with Gasteiger partial charge in [0.2, 0.25) is 0 Å². The summed E-state index contributed by atoms with van der Waals surface area (Å²) >= 11 is 0. The second-order valence-corrected chi connectivity index (χ2v) is 5.62. The maximum Gasteiger partial charge on any atom is 0.354 e. The minimum Gasteiger partial charge on any atom is -0.477 e. The Bertz CT molecular complexity index is 511. The van der Waals surface area contributed by atoms with E-state index in [1.807, 2.05) is 0 Å². The highest BCUT2D eigenvalue weighted by atomic mass is 16.4. The molecule has 1 heterocycles. The van der Waals surface area contributed by atoms with Crippen molar-refractivity contribution < 1.29 is 14.7 Å². The molecule has 1 unspecified atom stereocenters. The van der Waals surface area contributed by atoms with Crippen LogP contribution in [0.1, 0.15) is 54.1 Å². The summed E-state index contributed by atoms with van der Waals surface area (Å²) < 4.78 is 0. The molecule has 0 saturated heterocycles. The van der Waals surface area contributed by atoms with E-state index in [2.05, 4.69) is 24.1 Å². The van der Waals surface area contributed by atoms with Crippen LogP contribution in [0.15, 0.2) is 18.2 Å². The van der Waals surface area contributed by atoms with Crippen LogP contribution in [-0.2, 0) is 0 Å². The quantitative estimate of drug-likeness (QED) is 0.874. The van der Waals surface area contributed by atoms with Crippen LogP contribution in [0.5, 0.6) is 0 Å². The van der Waals surface area contributed by atoms with E-state index in [-0.39, 0.29) is 28.8 Å². The number of carbonyl (C=O) groups excluding carboxylic acids is 1. The summed E-state index contributed by atoms with van der Waals surface area (Å²) in [6, 6.07) is 4.56. The highest BCUT2D eigenvalue weighted by molar-refractivity contribution is 5.94. The first-order valence-corrected chi connectivity index (χ1v) is 6.41. The zero-order valence-electron chi connectivity index (χ0n) is 11.1. The van der Waals surface area contributed by atoms with Crippen molar-refractivity contribution in [2.45, 2.75) is 39.2 Å². The molecule has 0 bridgehead atoms. The maximum absolute atomic E-state index is 12.1. The van der Waals surface area contributed by atoms with Crippen molar-refractivity contribution in [3.05, 3.63) is 29.6 Å². The number of nitrogens with one attached hydrogen (secondary N) is 1. The maximum atomic E-state index is 12.1. The van der Waals surface area contributed by atoms with Crippen molar-refractivity contribution in [3.63, 3.8) is 0 Å². The Labute approximate surface area is 112 Å². The monoisotopic (exact) mass is 262 g/mol. The van der Waals surface area contributed by atoms with Crippen molar-refractivity contribution in [3.8, 4) is 0 Å². The molecule has 102 valence electrons. The van der Waals surface area contributed by atoms with Gasteiger partial charge in [-0.25, -0.2) is 9.78 Å². The number of aromatic nitrogens is 1. The van der Waals surface area contributed by atoms with E-state index in [1.165, 1.54) is 18.2 Å². The molecule has 0 spiro atoms. The first-order chi connectivity index (χ1) is 8.90. The predicted octanol–water partition coefficient (Wildman–Crippen LogP) is 2.09. The Balaban J connectivity index is 2.12. The highest BCUT2D eigenvalue weighted by Gasteiger charge is 2.35. The number of rotatable bonds is 3. The van der Waals surface area contributed by atoms with Gasteiger partial charge in [-0.3, -0.25) is 4.79 Å². The fourth-order valence-electron chi connectivity index (χ4n) is 2.51. The molecule has 19 heavy (non-hydrogen) atoms. The average molecular weight is 262 g/mol. The SMILES string of the molecule is CC1(C)CCCC1NC(=O)c1cccc(C(=O)O)n1. The lowest BCUT2D eigenvalue weighted by atomic mass is 9.87. The predicted molar refractivity (Wildman–Crippen MR) is 70.1 cm³/mol. The van der Waals surface area contributed by atoms with Crippen LogP contribution in [0.25, 0.3) is 0 Å². The number of pyridine rings is 1. The van der Waals surface area contributed by atoms with Crippen LogP contribution in [-0.4, -0.2) is 28.0 Å². The van der Waals surface area contributed by atoms with Gasteiger partial charge in [0.25, 0.3) is 5.91 Å². The molecule has 1 atom stereocenters. The van der Waals surface area contributed by atoms with Crippen LogP contribution in [0, 0.1) is 5.41 Å². The molecule has 1 aliphatic carbocycles. The largest absolute Gasteiger partial charge is 0.477 e. The van der Waals surface area contributed by atoms with Crippen LogP contribution in [0.4, 0.5) is 0 Å². The van der Waals surface area contributed by atoms with Crippen molar-refractivity contribution >= 4 is 11.9 Å². The van der Waals surface area contributed by atoms with Crippen molar-refractivity contribution in [1.82, 2.24) is 10.3 Å². The average Bonchev–Trinajstić information content (AvgIpc) is 2.69. The Hall–Kier alpha value is -1.91. The summed E-state index contributed by atoms with van der Waals surface area (Å²) in [5, 5.41) is 11.8. The van der Waals surface area contributed by atoms with Crippen molar-refractivity contribution in [1.29, 1.82) is 0 Å². The zero-order chi connectivity index (χ0) is 14.0. The second kappa shape index (κ2) is 4.99. The lowest BCUT2D eigenvalue weighted by Crippen LogP contribution is -2.41. The molecule has 1 saturated carbocycles. The number of hydrogen-bond donors (Lipinski definition) is 2. The Morgan fingerprint density at radius 3 is 2.63 bits per heavy atom. The van der Waals surface area contributed by atoms with Gasteiger partial charge in [0.15, 0.2) is 0 Å². The van der Waals surface area contributed by atoms with Gasteiger partial charge in [-0.1, -0.05) is 26.3 Å². The molecular formula is C14H18N2O3. The van der Waals surface area contributed by atoms with Gasteiger partial charge in [0, 0.05) is 6.04 Å². The molecule has 5 nitrogen and oxygen atoms in total. The summed E-state index contributed by atoms with van der Waals surface area (Å²) in [5.74, 6) is -1.43. The highest BCUT2D eigenvalue weighted by Crippen LogP contribution is 2.37. The molecule has 5 heteroatoms. The van der Waals surface area contributed by atoms with Crippen LogP contribution >= 0.6 is 0 Å². The summed E-state index contributed by atoms with van der Waals surface area (Å²) in [6.07, 6.45) is 3.14. The van der Waals surface area contributed by atoms with Crippen LogP contribution < -0.4 is 5.32 Å². The summed E-state index contributed by atoms with van der Waals surface area (Å²) in [4.78, 5) is 26.8. The minimum atomic E-state index is -1.13. The van der Waals surface area contributed by atoms with Gasteiger partial charge in [-0.05, 0) is 30.4 Å². The second-order valence-electron chi connectivity index (χ2n) is 5.62. The summed E-state index contributed by atoms with van der Waals surface area (Å²) in [6.45, 7) is 4.26. The number of carboxylic acid groups (broad SMARTS) is 1. The van der Waals surface area contributed by atoms with Gasteiger partial charge < -0.3 is 10.4 Å². The molecule has 0 aromatic carbocycles. The number of amides is 1. The fraction of sp³-hybridized carbons (Fsp3) is 0.500. The van der Waals surface area contributed by atoms with Gasteiger partial charge >= 0.3 is 5.97 Å². The van der Waals surface area contributed by atoms with Gasteiger partial charge in [0.1, 0.15) is 11.4 Å². The lowest BCUT2D eigenvalue weighted by molar-refractivity contribution is 0.0690. The Morgan fingerprint density at radius 1 is 1.37 bits per heavy atom. The van der Waals surface area contributed by atoms with Gasteiger partial charge in [-0.15, -0.1) is 0 Å². The molecular weight excluding hydrogens is 244 g/mol. The Morgan fingerprint density at radius 2 is 2.05 bits per heavy atom. The molecule has 1 aromatic heterocycles. The molecule has 1 fully saturated rings. The van der Waals surface area contributed by atoms with Crippen LogP contribution in [0.3, 0.4) is 0 Å². The summed E-state index contributed by atoms with van der Waals surface area (Å²) in [5.41, 5.74) is 0.126. The molecule has 1 amide bonds. The van der Waals surface area contributed by atoms with E-state index in [9.17, 15) is 9.59 Å². The van der Waals surface area contributed by atoms with Gasteiger partial charge in [-0.2, -0.15) is 0 Å². The fourth-order valence-corrected chi connectivity index (χ4v) is 2.51. The van der Waals surface area contributed by atoms with E-state index < -0.39 is 5.97 Å². The number of carbonyl (C=O) groups is 2. The molecule has 1 aromatic rings. The standard InChI is InChI=1S/C14H18N2O3/c1-14(2)8-4-7-11(14)16-12(17)9-5-3-6-10(15-9)13(18)19/h3,5-6,11H,4,7-8H2,1-2H3,(H,16,17)(H,18,19). The van der Waals surface area contributed by atoms with Gasteiger partial charge in [0.05, 0.1) is 0 Å². The van der Waals surface area contributed by atoms with E-state index in [1.54, 1.807) is 0 Å². The molecule has 0 radical (unpaired) electrons. The first kappa shape index (κ1) is 13.5. The smallest absolute Gasteiger partial charge is 0.354 e. The van der Waals surface area contributed by atoms with Crippen molar-refractivity contribution in [2.24, 2.45) is 5.41 Å². The number of carboxylic acids is 1. The molecule has 2 N–H and O–H groups in total. The molecule has 2 rings (SSSR count). The normalized spacial score (nSPS) is 21.1. The number of hydrogen-bond acceptors (Lipinski definition) is 3. The van der Waals surface area contributed by atoms with Crippen LogP contribution in [0.2, 0.25) is 0 Å². The van der Waals surface area contributed by atoms with E-state index >= 15 is 0 Å². The van der Waals surface area contributed by atoms with Crippen molar-refractivity contribution in [2.75, 3.05) is 0 Å². The third-order valence-corrected chi connectivity index (χ3v) is 3.76. The lowest BCUT2D eigenvalue weighted by Gasteiger charge is -2.27. The van der Waals surface area contributed by atoms with E-state index in [0.29, 0.717) is 0 Å². The number of nitrogens with zero attached hydrogens (tertiary/aromatic N) is 1. The topological polar surface area (TPSA) is 79.3 Å². The molecule has 1 aliphatic rings.